The molecular weight excluding hydrogens is 192 g/mol. The van der Waals surface area contributed by atoms with Crippen LogP contribution in [0.3, 0.4) is 0 Å². The molecule has 4 heteroatoms. The summed E-state index contributed by atoms with van der Waals surface area (Å²) in [6.45, 7) is 0. The molecule has 3 aliphatic rings. The molecule has 2 aliphatic carbocycles. The number of carbonyl (C=O) groups is 2. The minimum Gasteiger partial charge on any atom is -0.332 e. The van der Waals surface area contributed by atoms with Crippen LogP contribution >= 0.6 is 0 Å². The first-order valence-electron chi connectivity index (χ1n) is 5.84. The molecule has 15 heavy (non-hydrogen) atoms. The fourth-order valence-corrected chi connectivity index (χ4v) is 2.87. The topological polar surface area (TPSA) is 49.4 Å². The lowest BCUT2D eigenvalue weighted by atomic mass is 9.91. The van der Waals surface area contributed by atoms with E-state index in [2.05, 4.69) is 5.32 Å². The Morgan fingerprint density at radius 1 is 1.20 bits per heavy atom. The first kappa shape index (κ1) is 9.19. The van der Waals surface area contributed by atoms with Gasteiger partial charge in [0.25, 0.3) is 0 Å². The molecule has 3 rings (SSSR count). The zero-order chi connectivity index (χ0) is 10.5. The Labute approximate surface area is 89.0 Å². The van der Waals surface area contributed by atoms with Crippen LogP contribution in [-0.4, -0.2) is 28.4 Å². The van der Waals surface area contributed by atoms with E-state index in [-0.39, 0.29) is 23.5 Å². The molecule has 1 N–H and O–H groups in total. The van der Waals surface area contributed by atoms with Crippen molar-refractivity contribution in [1.29, 1.82) is 0 Å². The van der Waals surface area contributed by atoms with Crippen molar-refractivity contribution in [2.45, 2.75) is 56.5 Å². The fourth-order valence-electron chi connectivity index (χ4n) is 2.87. The average Bonchev–Trinajstić information content (AvgIpc) is 2.88. The van der Waals surface area contributed by atoms with Crippen molar-refractivity contribution in [3.8, 4) is 0 Å². The van der Waals surface area contributed by atoms with Gasteiger partial charge in [0.05, 0.1) is 12.0 Å². The highest BCUT2D eigenvalue weighted by molar-refractivity contribution is 5.98. The monoisotopic (exact) mass is 208 g/mol. The summed E-state index contributed by atoms with van der Waals surface area (Å²) in [4.78, 5) is 25.2. The van der Waals surface area contributed by atoms with Crippen LogP contribution < -0.4 is 5.32 Å². The normalized spacial score (nSPS) is 29.7. The molecule has 1 heterocycles. The van der Waals surface area contributed by atoms with Gasteiger partial charge >= 0.3 is 6.03 Å². The molecule has 0 aromatic carbocycles. The average molecular weight is 208 g/mol. The Morgan fingerprint density at radius 2 is 1.87 bits per heavy atom. The summed E-state index contributed by atoms with van der Waals surface area (Å²) in [5.74, 6) is 0.0446. The molecule has 1 aliphatic heterocycles. The van der Waals surface area contributed by atoms with Crippen LogP contribution in [0.1, 0.15) is 44.9 Å². The summed E-state index contributed by atoms with van der Waals surface area (Å²) in [5.41, 5.74) is -0.181. The first-order valence-corrected chi connectivity index (χ1v) is 5.84. The van der Waals surface area contributed by atoms with Crippen molar-refractivity contribution in [2.75, 3.05) is 0 Å². The molecule has 0 aromatic heterocycles. The van der Waals surface area contributed by atoms with Crippen molar-refractivity contribution in [1.82, 2.24) is 10.2 Å². The van der Waals surface area contributed by atoms with Crippen molar-refractivity contribution in [2.24, 2.45) is 0 Å². The van der Waals surface area contributed by atoms with E-state index in [4.69, 9.17) is 0 Å². The van der Waals surface area contributed by atoms with Crippen molar-refractivity contribution in [3.63, 3.8) is 0 Å². The minimum atomic E-state index is -0.181. The van der Waals surface area contributed by atoms with E-state index in [0.717, 1.165) is 38.5 Å². The second kappa shape index (κ2) is 2.97. The quantitative estimate of drug-likeness (QED) is 0.708. The van der Waals surface area contributed by atoms with Crippen molar-refractivity contribution >= 4 is 11.9 Å². The lowest BCUT2D eigenvalue weighted by molar-refractivity contribution is -0.132. The molecular formula is C11H16N2O2. The van der Waals surface area contributed by atoms with E-state index in [0.29, 0.717) is 6.42 Å². The number of rotatable bonds is 1. The Kier molecular flexibility index (Phi) is 1.82. The SMILES string of the molecule is O=C1CC2(CCCC2)NC(=O)N1C1CC1. The van der Waals surface area contributed by atoms with Gasteiger partial charge in [0, 0.05) is 6.04 Å². The number of urea groups is 1. The lowest BCUT2D eigenvalue weighted by Crippen LogP contribution is -2.61. The Morgan fingerprint density at radius 3 is 2.40 bits per heavy atom. The van der Waals surface area contributed by atoms with Crippen molar-refractivity contribution < 1.29 is 9.59 Å². The zero-order valence-electron chi connectivity index (χ0n) is 8.79. The molecule has 0 atom stereocenters. The predicted octanol–water partition coefficient (Wildman–Crippen LogP) is 1.40. The maximum Gasteiger partial charge on any atom is 0.324 e. The second-order valence-electron chi connectivity index (χ2n) is 5.09. The minimum absolute atomic E-state index is 0.0446. The Hall–Kier alpha value is -1.06. The highest BCUT2D eigenvalue weighted by Gasteiger charge is 2.48. The molecule has 1 saturated heterocycles. The molecule has 4 nitrogen and oxygen atoms in total. The summed E-state index contributed by atoms with van der Waals surface area (Å²) < 4.78 is 0. The summed E-state index contributed by atoms with van der Waals surface area (Å²) in [6.07, 6.45) is 6.73. The van der Waals surface area contributed by atoms with Crippen LogP contribution in [0.25, 0.3) is 0 Å². The maximum absolute atomic E-state index is 11.9. The van der Waals surface area contributed by atoms with Crippen LogP contribution in [0, 0.1) is 0 Å². The van der Waals surface area contributed by atoms with Crippen LogP contribution in [0.4, 0.5) is 4.79 Å². The van der Waals surface area contributed by atoms with Gasteiger partial charge < -0.3 is 5.32 Å². The van der Waals surface area contributed by atoms with Gasteiger partial charge in [-0.3, -0.25) is 9.69 Å². The van der Waals surface area contributed by atoms with Gasteiger partial charge in [-0.1, -0.05) is 12.8 Å². The summed E-state index contributed by atoms with van der Waals surface area (Å²) >= 11 is 0. The summed E-state index contributed by atoms with van der Waals surface area (Å²) in [6, 6.07) is 0.0619. The molecule has 3 amide bonds. The van der Waals surface area contributed by atoms with E-state index < -0.39 is 0 Å². The van der Waals surface area contributed by atoms with Gasteiger partial charge in [-0.25, -0.2) is 4.79 Å². The lowest BCUT2D eigenvalue weighted by Gasteiger charge is -2.38. The van der Waals surface area contributed by atoms with Gasteiger partial charge in [0.1, 0.15) is 0 Å². The third-order valence-corrected chi connectivity index (χ3v) is 3.82. The Balaban J connectivity index is 1.80. The van der Waals surface area contributed by atoms with E-state index in [1.165, 1.54) is 4.90 Å². The van der Waals surface area contributed by atoms with E-state index in [1.807, 2.05) is 0 Å². The number of nitrogens with one attached hydrogen (secondary N) is 1. The first-order chi connectivity index (χ1) is 7.20. The van der Waals surface area contributed by atoms with E-state index >= 15 is 0 Å². The van der Waals surface area contributed by atoms with Crippen LogP contribution in [0.15, 0.2) is 0 Å². The number of imide groups is 1. The molecule has 82 valence electrons. The number of nitrogens with zero attached hydrogens (tertiary/aromatic N) is 1. The van der Waals surface area contributed by atoms with Gasteiger partial charge in [-0.2, -0.15) is 0 Å². The zero-order valence-corrected chi connectivity index (χ0v) is 8.79. The third-order valence-electron chi connectivity index (χ3n) is 3.82. The number of hydrogen-bond acceptors (Lipinski definition) is 2. The molecule has 0 aromatic rings. The highest BCUT2D eigenvalue weighted by atomic mass is 16.2. The van der Waals surface area contributed by atoms with Gasteiger partial charge in [-0.05, 0) is 25.7 Å². The highest BCUT2D eigenvalue weighted by Crippen LogP contribution is 2.38. The van der Waals surface area contributed by atoms with Crippen LogP contribution in [-0.2, 0) is 4.79 Å². The summed E-state index contributed by atoms with van der Waals surface area (Å²) in [7, 11) is 0. The molecule has 2 saturated carbocycles. The van der Waals surface area contributed by atoms with Gasteiger partial charge in [0.15, 0.2) is 0 Å². The third kappa shape index (κ3) is 1.43. The predicted molar refractivity (Wildman–Crippen MR) is 54.2 cm³/mol. The number of amides is 3. The summed E-state index contributed by atoms with van der Waals surface area (Å²) in [5, 5.41) is 3.06. The fraction of sp³-hybridized carbons (Fsp3) is 0.818. The maximum atomic E-state index is 11.9. The second-order valence-corrected chi connectivity index (χ2v) is 5.09. The Bertz CT molecular complexity index is 297. The van der Waals surface area contributed by atoms with E-state index in [9.17, 15) is 9.59 Å². The smallest absolute Gasteiger partial charge is 0.324 e. The molecule has 0 bridgehead atoms. The van der Waals surface area contributed by atoms with Gasteiger partial charge in [-0.15, -0.1) is 0 Å². The van der Waals surface area contributed by atoms with Crippen LogP contribution in [0.2, 0.25) is 0 Å². The van der Waals surface area contributed by atoms with Crippen molar-refractivity contribution in [3.05, 3.63) is 0 Å². The molecule has 1 spiro atoms. The molecule has 3 fully saturated rings. The largest absolute Gasteiger partial charge is 0.332 e. The number of hydrogen-bond donors (Lipinski definition) is 1. The standard InChI is InChI=1S/C11H16N2O2/c14-9-7-11(5-1-2-6-11)12-10(15)13(9)8-3-4-8/h8H,1-7H2,(H,12,15). The van der Waals surface area contributed by atoms with E-state index in [1.54, 1.807) is 0 Å². The van der Waals surface area contributed by atoms with Gasteiger partial charge in [0.2, 0.25) is 5.91 Å². The molecule has 0 unspecified atom stereocenters. The molecule has 0 radical (unpaired) electrons. The van der Waals surface area contributed by atoms with Crippen LogP contribution in [0.5, 0.6) is 0 Å². The number of carbonyl (C=O) groups excluding carboxylic acids is 2.